The summed E-state index contributed by atoms with van der Waals surface area (Å²) in [5.74, 6) is -2.05. The quantitative estimate of drug-likeness (QED) is 0.243. The molecule has 0 aliphatic rings. The van der Waals surface area contributed by atoms with E-state index in [1.165, 1.54) is 18.2 Å². The van der Waals surface area contributed by atoms with Gasteiger partial charge in [-0.25, -0.2) is 17.2 Å². The van der Waals surface area contributed by atoms with E-state index in [1.54, 1.807) is 6.92 Å². The molecule has 4 aromatic rings. The second kappa shape index (κ2) is 10.2. The van der Waals surface area contributed by atoms with Gasteiger partial charge >= 0.3 is 6.01 Å². The maximum absolute atomic E-state index is 14.2. The first kappa shape index (κ1) is 26.7. The molecular weight excluding hydrogens is 532 g/mol. The average Bonchev–Trinajstić information content (AvgIpc) is 3.25. The number of nitrogens with zero attached hydrogens (tertiary/aromatic N) is 3. The van der Waals surface area contributed by atoms with Crippen LogP contribution in [0.2, 0.25) is 5.02 Å². The number of rotatable bonds is 9. The molecule has 0 saturated heterocycles. The molecule has 10 nitrogen and oxygen atoms in total. The van der Waals surface area contributed by atoms with Gasteiger partial charge in [0.25, 0.3) is 0 Å². The van der Waals surface area contributed by atoms with E-state index in [9.17, 15) is 27.4 Å². The topological polar surface area (TPSA) is 150 Å². The van der Waals surface area contributed by atoms with Gasteiger partial charge in [0.15, 0.2) is 27.1 Å². The minimum absolute atomic E-state index is 0.0114. The molecule has 1 atom stereocenters. The highest BCUT2D eigenvalue weighted by molar-refractivity contribution is 7.90. The first-order valence-electron chi connectivity index (χ1n) is 10.8. The highest BCUT2D eigenvalue weighted by Gasteiger charge is 2.28. The Morgan fingerprint density at radius 1 is 1.16 bits per heavy atom. The lowest BCUT2D eigenvalue weighted by Gasteiger charge is -2.29. The highest BCUT2D eigenvalue weighted by atomic mass is 35.5. The van der Waals surface area contributed by atoms with Crippen LogP contribution < -0.4 is 10.1 Å². The number of H-pyrrole nitrogens is 1. The molecule has 37 heavy (non-hydrogen) atoms. The SMILES string of the molecule is CC(CO)(CCO)Nc1nc(Oc2ccc(F)cc2F)nc2n[nH]c(-c3cc(S(C)(=O)=O)ccc3Cl)c12. The van der Waals surface area contributed by atoms with E-state index in [0.717, 1.165) is 18.4 Å². The van der Waals surface area contributed by atoms with Crippen molar-refractivity contribution in [2.24, 2.45) is 0 Å². The summed E-state index contributed by atoms with van der Waals surface area (Å²) >= 11 is 6.40. The number of aliphatic hydroxyl groups excluding tert-OH is 2. The number of ether oxygens (including phenoxy) is 1. The van der Waals surface area contributed by atoms with Crippen molar-refractivity contribution in [1.29, 1.82) is 0 Å². The van der Waals surface area contributed by atoms with E-state index in [4.69, 9.17) is 16.3 Å². The Hall–Kier alpha value is -3.39. The van der Waals surface area contributed by atoms with Crippen LogP contribution in [0.25, 0.3) is 22.3 Å². The molecule has 2 aromatic carbocycles. The van der Waals surface area contributed by atoms with Crippen LogP contribution in [0.3, 0.4) is 0 Å². The molecule has 0 spiro atoms. The Kier molecular flexibility index (Phi) is 7.33. The molecule has 0 radical (unpaired) electrons. The highest BCUT2D eigenvalue weighted by Crippen LogP contribution is 2.38. The number of halogens is 3. The normalized spacial score (nSPS) is 13.5. The number of aliphatic hydroxyl groups is 2. The lowest BCUT2D eigenvalue weighted by molar-refractivity contribution is 0.180. The van der Waals surface area contributed by atoms with Crippen LogP contribution in [-0.2, 0) is 9.84 Å². The zero-order valence-corrected chi connectivity index (χ0v) is 21.2. The molecule has 4 N–H and O–H groups in total. The van der Waals surface area contributed by atoms with Crippen LogP contribution in [0.15, 0.2) is 41.3 Å². The molecule has 0 fully saturated rings. The second-order valence-corrected chi connectivity index (χ2v) is 11.0. The van der Waals surface area contributed by atoms with Gasteiger partial charge in [-0.15, -0.1) is 0 Å². The third-order valence-electron chi connectivity index (χ3n) is 5.56. The summed E-state index contributed by atoms with van der Waals surface area (Å²) in [4.78, 5) is 8.52. The minimum Gasteiger partial charge on any atom is -0.421 e. The predicted molar refractivity (Wildman–Crippen MR) is 132 cm³/mol. The maximum Gasteiger partial charge on any atom is 0.326 e. The van der Waals surface area contributed by atoms with Crippen molar-refractivity contribution in [3.63, 3.8) is 0 Å². The van der Waals surface area contributed by atoms with Crippen LogP contribution in [0, 0.1) is 11.6 Å². The van der Waals surface area contributed by atoms with Crippen LogP contribution in [0.4, 0.5) is 14.6 Å². The number of aromatic amines is 1. The summed E-state index contributed by atoms with van der Waals surface area (Å²) in [7, 11) is -3.57. The fourth-order valence-corrected chi connectivity index (χ4v) is 4.39. The molecule has 196 valence electrons. The summed E-state index contributed by atoms with van der Waals surface area (Å²) in [5, 5.41) is 29.9. The van der Waals surface area contributed by atoms with Crippen molar-refractivity contribution < 1.29 is 32.1 Å². The Morgan fingerprint density at radius 3 is 2.57 bits per heavy atom. The first-order valence-corrected chi connectivity index (χ1v) is 13.1. The summed E-state index contributed by atoms with van der Waals surface area (Å²) in [6.07, 6.45) is 1.18. The second-order valence-electron chi connectivity index (χ2n) is 8.56. The fourth-order valence-electron chi connectivity index (χ4n) is 3.53. The van der Waals surface area contributed by atoms with E-state index in [2.05, 4.69) is 25.5 Å². The molecule has 0 aliphatic heterocycles. The number of benzene rings is 2. The number of fused-ring (bicyclic) bond motifs is 1. The van der Waals surface area contributed by atoms with Gasteiger partial charge in [-0.05, 0) is 43.7 Å². The largest absolute Gasteiger partial charge is 0.421 e. The van der Waals surface area contributed by atoms with Crippen LogP contribution in [-0.4, -0.2) is 63.8 Å². The summed E-state index contributed by atoms with van der Waals surface area (Å²) in [5.41, 5.74) is -0.488. The number of nitrogens with one attached hydrogen (secondary N) is 2. The summed E-state index contributed by atoms with van der Waals surface area (Å²) < 4.78 is 57.2. The minimum atomic E-state index is -3.57. The van der Waals surface area contributed by atoms with Crippen LogP contribution in [0.5, 0.6) is 11.8 Å². The zero-order chi connectivity index (χ0) is 27.0. The third kappa shape index (κ3) is 5.64. The molecular formula is C23H22ClF2N5O5S. The van der Waals surface area contributed by atoms with Crippen molar-refractivity contribution in [3.8, 4) is 23.0 Å². The summed E-state index contributed by atoms with van der Waals surface area (Å²) in [6, 6.07) is 6.52. The third-order valence-corrected chi connectivity index (χ3v) is 7.00. The molecule has 2 heterocycles. The number of hydrogen-bond acceptors (Lipinski definition) is 9. The van der Waals surface area contributed by atoms with Gasteiger partial charge in [-0.2, -0.15) is 15.1 Å². The predicted octanol–water partition coefficient (Wildman–Crippen LogP) is 3.69. The fraction of sp³-hybridized carbons (Fsp3) is 0.261. The molecule has 2 aromatic heterocycles. The molecule has 0 amide bonds. The van der Waals surface area contributed by atoms with E-state index >= 15 is 0 Å². The van der Waals surface area contributed by atoms with E-state index in [-0.39, 0.29) is 62.8 Å². The van der Waals surface area contributed by atoms with Crippen LogP contribution in [0.1, 0.15) is 13.3 Å². The smallest absolute Gasteiger partial charge is 0.326 e. The average molecular weight is 554 g/mol. The standard InChI is InChI=1S/C23H22ClF2N5O5S/c1-23(11-33,7-8-32)29-20-18-19(14-10-13(37(2,34)35)4-5-15(14)24)30-31-21(18)28-22(27-20)36-17-6-3-12(25)9-16(17)26/h3-6,9-10,32-33H,7-8,11H2,1-2H3,(H2,27,28,29,30,31). The van der Waals surface area contributed by atoms with Gasteiger partial charge in [0, 0.05) is 24.5 Å². The van der Waals surface area contributed by atoms with Crippen molar-refractivity contribution in [1.82, 2.24) is 20.2 Å². The number of hydrogen-bond donors (Lipinski definition) is 4. The zero-order valence-electron chi connectivity index (χ0n) is 19.6. The first-order chi connectivity index (χ1) is 17.4. The van der Waals surface area contributed by atoms with Crippen molar-refractivity contribution in [2.75, 3.05) is 24.8 Å². The van der Waals surface area contributed by atoms with Gasteiger partial charge in [-0.3, -0.25) is 5.10 Å². The van der Waals surface area contributed by atoms with E-state index in [0.29, 0.717) is 6.07 Å². The monoisotopic (exact) mass is 553 g/mol. The van der Waals surface area contributed by atoms with Gasteiger partial charge in [0.1, 0.15) is 11.6 Å². The maximum atomic E-state index is 14.2. The van der Waals surface area contributed by atoms with E-state index in [1.807, 2.05) is 0 Å². The number of sulfone groups is 1. The van der Waals surface area contributed by atoms with Gasteiger partial charge in [0.05, 0.1) is 33.1 Å². The number of aromatic nitrogens is 4. The van der Waals surface area contributed by atoms with Crippen molar-refractivity contribution in [3.05, 3.63) is 53.1 Å². The van der Waals surface area contributed by atoms with Crippen molar-refractivity contribution in [2.45, 2.75) is 23.8 Å². The lowest BCUT2D eigenvalue weighted by Crippen LogP contribution is -2.40. The van der Waals surface area contributed by atoms with Crippen LogP contribution >= 0.6 is 11.6 Å². The van der Waals surface area contributed by atoms with Gasteiger partial charge in [0.2, 0.25) is 0 Å². The molecule has 14 heteroatoms. The van der Waals surface area contributed by atoms with Gasteiger partial charge in [-0.1, -0.05) is 11.6 Å². The van der Waals surface area contributed by atoms with Crippen molar-refractivity contribution >= 4 is 38.3 Å². The molecule has 0 saturated carbocycles. The lowest BCUT2D eigenvalue weighted by atomic mass is 9.99. The summed E-state index contributed by atoms with van der Waals surface area (Å²) in [6.45, 7) is 0.969. The molecule has 4 rings (SSSR count). The Morgan fingerprint density at radius 2 is 1.92 bits per heavy atom. The molecule has 0 aliphatic carbocycles. The number of anilines is 1. The van der Waals surface area contributed by atoms with E-state index < -0.39 is 33.6 Å². The molecule has 1 unspecified atom stereocenters. The molecule has 0 bridgehead atoms. The Balaban J connectivity index is 1.92. The Labute approximate surface area is 215 Å². The Bertz CT molecular complexity index is 1580. The van der Waals surface area contributed by atoms with Gasteiger partial charge < -0.3 is 20.3 Å².